The first kappa shape index (κ1) is 15.8. The maximum atomic E-state index is 12.4. The first-order valence-corrected chi connectivity index (χ1v) is 7.79. The Morgan fingerprint density at radius 3 is 2.91 bits per heavy atom. The summed E-state index contributed by atoms with van der Waals surface area (Å²) < 4.78 is 7.08. The molecule has 0 saturated carbocycles. The molecular weight excluding hydrogens is 300 g/mol. The highest BCUT2D eigenvalue weighted by molar-refractivity contribution is 5.45. The predicted molar refractivity (Wildman–Crippen MR) is 83.2 cm³/mol. The van der Waals surface area contributed by atoms with Gasteiger partial charge in [-0.15, -0.1) is 0 Å². The normalized spacial score (nSPS) is 27.2. The van der Waals surface area contributed by atoms with Crippen molar-refractivity contribution in [2.75, 3.05) is 24.6 Å². The van der Waals surface area contributed by atoms with E-state index < -0.39 is 18.4 Å². The van der Waals surface area contributed by atoms with E-state index in [2.05, 4.69) is 19.9 Å². The Hall–Kier alpha value is -2.09. The lowest BCUT2D eigenvalue weighted by molar-refractivity contribution is -0.0270. The van der Waals surface area contributed by atoms with Gasteiger partial charge in [0.05, 0.1) is 18.8 Å². The second-order valence-electron chi connectivity index (χ2n) is 5.95. The topological polar surface area (TPSA) is 116 Å². The summed E-state index contributed by atoms with van der Waals surface area (Å²) in [5.74, 6) is 0.729. The Morgan fingerprint density at radius 1 is 1.52 bits per heavy atom. The molecule has 0 amide bonds. The van der Waals surface area contributed by atoms with E-state index in [0.717, 1.165) is 37.3 Å². The first-order valence-electron chi connectivity index (χ1n) is 7.79. The predicted octanol–water partition coefficient (Wildman–Crippen LogP) is 1.11. The van der Waals surface area contributed by atoms with Gasteiger partial charge in [0.25, 0.3) is 0 Å². The number of aliphatic hydroxyl groups excluding tert-OH is 1. The fraction of sp³-hybridized carbons (Fsp3) is 0.714. The van der Waals surface area contributed by atoms with Crippen molar-refractivity contribution >= 4 is 5.82 Å². The Balaban J connectivity index is 1.87. The highest BCUT2D eigenvalue weighted by Crippen LogP contribution is 2.30. The second kappa shape index (κ2) is 6.57. The number of aromatic nitrogens is 2. The number of aliphatic hydroxyl groups is 1. The zero-order valence-corrected chi connectivity index (χ0v) is 13.0. The van der Waals surface area contributed by atoms with Crippen LogP contribution < -0.4 is 10.6 Å². The highest BCUT2D eigenvalue weighted by atomic mass is 16.5. The van der Waals surface area contributed by atoms with Gasteiger partial charge in [-0.25, -0.2) is 4.79 Å². The molecule has 3 rings (SSSR count). The van der Waals surface area contributed by atoms with Crippen LogP contribution in [0.2, 0.25) is 0 Å². The van der Waals surface area contributed by atoms with Crippen LogP contribution in [0, 0.1) is 6.92 Å². The molecule has 9 heteroatoms. The number of rotatable bonds is 4. The van der Waals surface area contributed by atoms with Crippen molar-refractivity contribution < 1.29 is 9.84 Å². The van der Waals surface area contributed by atoms with Crippen LogP contribution in [0.3, 0.4) is 0 Å². The summed E-state index contributed by atoms with van der Waals surface area (Å²) in [5.41, 5.74) is 9.11. The molecule has 3 heterocycles. The molecule has 1 aromatic heterocycles. The maximum absolute atomic E-state index is 12.4. The molecule has 0 aliphatic carbocycles. The summed E-state index contributed by atoms with van der Waals surface area (Å²) in [5, 5.41) is 13.0. The average molecular weight is 320 g/mol. The number of aryl methyl sites for hydroxylation is 1. The van der Waals surface area contributed by atoms with E-state index in [0.29, 0.717) is 6.42 Å². The molecule has 2 aliphatic rings. The van der Waals surface area contributed by atoms with E-state index in [-0.39, 0.29) is 12.3 Å². The Kier molecular flexibility index (Phi) is 4.51. The minimum absolute atomic E-state index is 0.257. The Labute approximate surface area is 133 Å². The zero-order valence-electron chi connectivity index (χ0n) is 13.0. The number of anilines is 1. The third-order valence-electron chi connectivity index (χ3n) is 4.41. The SMILES string of the molecule is Cc1cn([C@@H]2CC(N=[N+]=[N-])[C@H](CO)O2)c(=O)nc1N1CCCC1. The van der Waals surface area contributed by atoms with Crippen LogP contribution in [0.4, 0.5) is 5.82 Å². The lowest BCUT2D eigenvalue weighted by atomic mass is 10.1. The molecule has 2 aliphatic heterocycles. The third-order valence-corrected chi connectivity index (χ3v) is 4.41. The minimum atomic E-state index is -0.596. The molecule has 1 aromatic rings. The van der Waals surface area contributed by atoms with Crippen molar-refractivity contribution in [3.05, 3.63) is 32.7 Å². The van der Waals surface area contributed by atoms with E-state index >= 15 is 0 Å². The fourth-order valence-electron chi connectivity index (χ4n) is 3.25. The molecule has 0 spiro atoms. The molecular formula is C14H20N6O3. The van der Waals surface area contributed by atoms with Gasteiger partial charge < -0.3 is 14.7 Å². The molecule has 2 fully saturated rings. The van der Waals surface area contributed by atoms with Crippen LogP contribution in [0.5, 0.6) is 0 Å². The van der Waals surface area contributed by atoms with Crippen molar-refractivity contribution in [2.24, 2.45) is 5.11 Å². The molecule has 2 saturated heterocycles. The van der Waals surface area contributed by atoms with Gasteiger partial charge in [0.15, 0.2) is 0 Å². The summed E-state index contributed by atoms with van der Waals surface area (Å²) in [6.45, 7) is 3.50. The summed E-state index contributed by atoms with van der Waals surface area (Å²) >= 11 is 0. The number of azide groups is 1. The molecule has 0 radical (unpaired) electrons. The number of ether oxygens (including phenoxy) is 1. The minimum Gasteiger partial charge on any atom is -0.394 e. The van der Waals surface area contributed by atoms with Crippen molar-refractivity contribution in [2.45, 2.75) is 44.6 Å². The first-order chi connectivity index (χ1) is 11.1. The van der Waals surface area contributed by atoms with Gasteiger partial charge in [0, 0.05) is 36.2 Å². The Morgan fingerprint density at radius 2 is 2.26 bits per heavy atom. The van der Waals surface area contributed by atoms with E-state index in [9.17, 15) is 9.90 Å². The molecule has 3 atom stereocenters. The largest absolute Gasteiger partial charge is 0.394 e. The van der Waals surface area contributed by atoms with Crippen LogP contribution in [-0.4, -0.2) is 46.5 Å². The van der Waals surface area contributed by atoms with E-state index in [4.69, 9.17) is 10.3 Å². The van der Waals surface area contributed by atoms with Crippen molar-refractivity contribution in [3.8, 4) is 0 Å². The summed E-state index contributed by atoms with van der Waals surface area (Å²) in [4.78, 5) is 21.5. The maximum Gasteiger partial charge on any atom is 0.351 e. The van der Waals surface area contributed by atoms with Gasteiger partial charge in [-0.1, -0.05) is 5.11 Å². The van der Waals surface area contributed by atoms with Crippen molar-refractivity contribution in [1.82, 2.24) is 9.55 Å². The van der Waals surface area contributed by atoms with E-state index in [1.54, 1.807) is 6.20 Å². The molecule has 1 unspecified atom stereocenters. The zero-order chi connectivity index (χ0) is 16.4. The van der Waals surface area contributed by atoms with Gasteiger partial charge in [-0.05, 0) is 25.3 Å². The fourth-order valence-corrected chi connectivity index (χ4v) is 3.25. The van der Waals surface area contributed by atoms with Crippen LogP contribution in [0.15, 0.2) is 16.1 Å². The Bertz CT molecular complexity index is 678. The summed E-state index contributed by atoms with van der Waals surface area (Å²) in [6.07, 6.45) is 3.14. The smallest absolute Gasteiger partial charge is 0.351 e. The molecule has 124 valence electrons. The summed E-state index contributed by atoms with van der Waals surface area (Å²) in [7, 11) is 0. The van der Waals surface area contributed by atoms with Crippen molar-refractivity contribution in [3.63, 3.8) is 0 Å². The standard InChI is InChI=1S/C14H20N6O3/c1-9-7-20(12-6-10(17-18-15)11(8-21)23-12)14(22)16-13(9)19-4-2-3-5-19/h7,10-12,21H,2-6,8H2,1H3/t10?,11-,12-/m0/s1. The van der Waals surface area contributed by atoms with Gasteiger partial charge in [0.2, 0.25) is 0 Å². The quantitative estimate of drug-likeness (QED) is 0.507. The average Bonchev–Trinajstić information content (AvgIpc) is 3.19. The second-order valence-corrected chi connectivity index (χ2v) is 5.95. The molecule has 9 nitrogen and oxygen atoms in total. The van der Waals surface area contributed by atoms with E-state index in [1.165, 1.54) is 4.57 Å². The third kappa shape index (κ3) is 3.03. The van der Waals surface area contributed by atoms with Gasteiger partial charge in [-0.3, -0.25) is 4.57 Å². The van der Waals surface area contributed by atoms with Crippen LogP contribution in [-0.2, 0) is 4.74 Å². The van der Waals surface area contributed by atoms with Gasteiger partial charge in [-0.2, -0.15) is 4.98 Å². The van der Waals surface area contributed by atoms with Gasteiger partial charge >= 0.3 is 5.69 Å². The van der Waals surface area contributed by atoms with E-state index in [1.807, 2.05) is 6.92 Å². The number of nitrogens with zero attached hydrogens (tertiary/aromatic N) is 6. The molecule has 0 aromatic carbocycles. The number of hydrogen-bond donors (Lipinski definition) is 1. The summed E-state index contributed by atoms with van der Waals surface area (Å²) in [6, 6.07) is -0.486. The lowest BCUT2D eigenvalue weighted by Gasteiger charge is -2.21. The molecule has 23 heavy (non-hydrogen) atoms. The lowest BCUT2D eigenvalue weighted by Crippen LogP contribution is -2.31. The molecule has 1 N–H and O–H groups in total. The monoisotopic (exact) mass is 320 g/mol. The molecule has 0 bridgehead atoms. The number of hydrogen-bond acceptors (Lipinski definition) is 6. The highest BCUT2D eigenvalue weighted by Gasteiger charge is 2.36. The van der Waals surface area contributed by atoms with Crippen LogP contribution in [0.25, 0.3) is 10.4 Å². The van der Waals surface area contributed by atoms with Crippen LogP contribution in [0.1, 0.15) is 31.1 Å². The van der Waals surface area contributed by atoms with Crippen LogP contribution >= 0.6 is 0 Å². The van der Waals surface area contributed by atoms with Crippen molar-refractivity contribution in [1.29, 1.82) is 0 Å². The van der Waals surface area contributed by atoms with Gasteiger partial charge in [0.1, 0.15) is 12.0 Å².